The van der Waals surface area contributed by atoms with E-state index in [2.05, 4.69) is 15.0 Å². The first-order chi connectivity index (χ1) is 7.31. The number of hydrogen-bond acceptors (Lipinski definition) is 3. The molecule has 0 unspecified atom stereocenters. The van der Waals surface area contributed by atoms with Crippen LogP contribution in [0.4, 0.5) is 0 Å². The number of alkyl halides is 1. The van der Waals surface area contributed by atoms with Crippen molar-refractivity contribution in [3.05, 3.63) is 42.0 Å². The van der Waals surface area contributed by atoms with E-state index in [1.165, 1.54) is 0 Å². The van der Waals surface area contributed by atoms with Crippen LogP contribution in [-0.2, 0) is 5.88 Å². The quantitative estimate of drug-likeness (QED) is 0.729. The van der Waals surface area contributed by atoms with Crippen LogP contribution < -0.4 is 0 Å². The van der Waals surface area contributed by atoms with Crippen LogP contribution in [0.15, 0.2) is 30.9 Å². The van der Waals surface area contributed by atoms with Crippen molar-refractivity contribution < 1.29 is 0 Å². The maximum atomic E-state index is 5.66. The summed E-state index contributed by atoms with van der Waals surface area (Å²) >= 11 is 5.66. The fraction of sp³-hybridized carbons (Fsp3) is 0.182. The topological polar surface area (TPSA) is 38.7 Å². The molecule has 0 aliphatic carbocycles. The Labute approximate surface area is 93.2 Å². The van der Waals surface area contributed by atoms with Gasteiger partial charge in [-0.1, -0.05) is 0 Å². The van der Waals surface area contributed by atoms with Crippen molar-refractivity contribution >= 4 is 11.6 Å². The summed E-state index contributed by atoms with van der Waals surface area (Å²) in [4.78, 5) is 12.5. The predicted octanol–water partition coefficient (Wildman–Crippen LogP) is 2.59. The van der Waals surface area contributed by atoms with E-state index in [0.717, 1.165) is 16.7 Å². The Balaban J connectivity index is 2.42. The zero-order chi connectivity index (χ0) is 10.7. The zero-order valence-electron chi connectivity index (χ0n) is 8.31. The first-order valence-corrected chi connectivity index (χ1v) is 5.12. The van der Waals surface area contributed by atoms with Crippen LogP contribution in [0.3, 0.4) is 0 Å². The molecule has 0 saturated carbocycles. The molecule has 0 spiro atoms. The number of pyridine rings is 1. The van der Waals surface area contributed by atoms with Crippen molar-refractivity contribution in [1.29, 1.82) is 0 Å². The summed E-state index contributed by atoms with van der Waals surface area (Å²) in [6.45, 7) is 2.01. The van der Waals surface area contributed by atoms with Gasteiger partial charge in [-0.05, 0) is 18.6 Å². The lowest BCUT2D eigenvalue weighted by Crippen LogP contribution is -1.93. The van der Waals surface area contributed by atoms with E-state index in [4.69, 9.17) is 11.6 Å². The molecule has 0 aromatic carbocycles. The molecular formula is C11H10ClN3. The van der Waals surface area contributed by atoms with Gasteiger partial charge in [0.15, 0.2) is 5.82 Å². The Kier molecular flexibility index (Phi) is 2.92. The summed E-state index contributed by atoms with van der Waals surface area (Å²) < 4.78 is 0. The largest absolute Gasteiger partial charge is 0.264 e. The van der Waals surface area contributed by atoms with E-state index < -0.39 is 0 Å². The van der Waals surface area contributed by atoms with Gasteiger partial charge in [0, 0.05) is 35.9 Å². The lowest BCUT2D eigenvalue weighted by molar-refractivity contribution is 1.11. The molecule has 3 nitrogen and oxygen atoms in total. The number of halogens is 1. The second-order valence-corrected chi connectivity index (χ2v) is 3.51. The SMILES string of the molecule is Cc1ccncc1-c1ncc(CCl)cn1. The van der Waals surface area contributed by atoms with Gasteiger partial charge in [-0.25, -0.2) is 9.97 Å². The first kappa shape index (κ1) is 10.1. The highest BCUT2D eigenvalue weighted by molar-refractivity contribution is 6.17. The van der Waals surface area contributed by atoms with Crippen molar-refractivity contribution in [2.75, 3.05) is 0 Å². The van der Waals surface area contributed by atoms with Crippen molar-refractivity contribution in [3.8, 4) is 11.4 Å². The Morgan fingerprint density at radius 3 is 2.53 bits per heavy atom. The molecule has 15 heavy (non-hydrogen) atoms. The fourth-order valence-corrected chi connectivity index (χ4v) is 1.40. The van der Waals surface area contributed by atoms with E-state index >= 15 is 0 Å². The molecule has 0 atom stereocenters. The van der Waals surface area contributed by atoms with E-state index in [1.54, 1.807) is 24.8 Å². The van der Waals surface area contributed by atoms with Gasteiger partial charge in [-0.3, -0.25) is 4.98 Å². The molecule has 0 bridgehead atoms. The normalized spacial score (nSPS) is 10.3. The lowest BCUT2D eigenvalue weighted by Gasteiger charge is -2.03. The number of nitrogens with zero attached hydrogens (tertiary/aromatic N) is 3. The third-order valence-electron chi connectivity index (χ3n) is 2.14. The summed E-state index contributed by atoms with van der Waals surface area (Å²) in [5.41, 5.74) is 2.99. The third-order valence-corrected chi connectivity index (χ3v) is 2.45. The van der Waals surface area contributed by atoms with Crippen molar-refractivity contribution in [2.45, 2.75) is 12.8 Å². The number of hydrogen-bond donors (Lipinski definition) is 0. The van der Waals surface area contributed by atoms with Crippen LogP contribution in [0, 0.1) is 6.92 Å². The van der Waals surface area contributed by atoms with E-state index in [0.29, 0.717) is 11.7 Å². The van der Waals surface area contributed by atoms with Crippen LogP contribution in [0.1, 0.15) is 11.1 Å². The average molecular weight is 220 g/mol. The average Bonchev–Trinajstić information content (AvgIpc) is 2.30. The Morgan fingerprint density at radius 1 is 1.20 bits per heavy atom. The van der Waals surface area contributed by atoms with Gasteiger partial charge in [0.2, 0.25) is 0 Å². The molecule has 0 aliphatic heterocycles. The van der Waals surface area contributed by atoms with Crippen LogP contribution in [0.25, 0.3) is 11.4 Å². The molecule has 2 aromatic heterocycles. The van der Waals surface area contributed by atoms with Gasteiger partial charge >= 0.3 is 0 Å². The molecule has 0 fully saturated rings. The van der Waals surface area contributed by atoms with Gasteiger partial charge in [0.1, 0.15) is 0 Å². The van der Waals surface area contributed by atoms with Crippen LogP contribution in [-0.4, -0.2) is 15.0 Å². The summed E-state index contributed by atoms with van der Waals surface area (Å²) in [6, 6.07) is 1.94. The second kappa shape index (κ2) is 4.36. The number of rotatable bonds is 2. The van der Waals surface area contributed by atoms with Crippen molar-refractivity contribution in [3.63, 3.8) is 0 Å². The number of aromatic nitrogens is 3. The monoisotopic (exact) mass is 219 g/mol. The highest BCUT2D eigenvalue weighted by Gasteiger charge is 2.04. The minimum Gasteiger partial charge on any atom is -0.264 e. The van der Waals surface area contributed by atoms with Gasteiger partial charge in [0.25, 0.3) is 0 Å². The highest BCUT2D eigenvalue weighted by atomic mass is 35.5. The van der Waals surface area contributed by atoms with Crippen LogP contribution >= 0.6 is 11.6 Å². The molecule has 2 aromatic rings. The molecule has 0 radical (unpaired) electrons. The fourth-order valence-electron chi connectivity index (χ4n) is 1.26. The maximum absolute atomic E-state index is 5.66. The third kappa shape index (κ3) is 2.13. The summed E-state index contributed by atoms with van der Waals surface area (Å²) in [5.74, 6) is 1.13. The molecule has 2 heterocycles. The molecule has 0 N–H and O–H groups in total. The van der Waals surface area contributed by atoms with E-state index in [9.17, 15) is 0 Å². The van der Waals surface area contributed by atoms with Crippen LogP contribution in [0.5, 0.6) is 0 Å². The molecule has 0 saturated heterocycles. The standard InChI is InChI=1S/C11H10ClN3/c1-8-2-3-13-7-10(8)11-14-5-9(4-12)6-15-11/h2-3,5-7H,4H2,1H3. The molecule has 2 rings (SSSR count). The summed E-state index contributed by atoms with van der Waals surface area (Å²) in [6.07, 6.45) is 7.00. The van der Waals surface area contributed by atoms with Crippen molar-refractivity contribution in [2.24, 2.45) is 0 Å². The predicted molar refractivity (Wildman–Crippen MR) is 59.6 cm³/mol. The molecular weight excluding hydrogens is 210 g/mol. The van der Waals surface area contributed by atoms with E-state index in [-0.39, 0.29) is 0 Å². The highest BCUT2D eigenvalue weighted by Crippen LogP contribution is 2.17. The molecule has 76 valence electrons. The minimum absolute atomic E-state index is 0.437. The summed E-state index contributed by atoms with van der Waals surface area (Å²) in [7, 11) is 0. The molecule has 0 aliphatic rings. The van der Waals surface area contributed by atoms with Gasteiger partial charge < -0.3 is 0 Å². The minimum atomic E-state index is 0.437. The Bertz CT molecular complexity index is 454. The molecule has 0 amide bonds. The zero-order valence-corrected chi connectivity index (χ0v) is 9.07. The van der Waals surface area contributed by atoms with Crippen LogP contribution in [0.2, 0.25) is 0 Å². The smallest absolute Gasteiger partial charge is 0.160 e. The number of aryl methyl sites for hydroxylation is 1. The van der Waals surface area contributed by atoms with E-state index in [1.807, 2.05) is 13.0 Å². The molecule has 4 heteroatoms. The Hall–Kier alpha value is -1.48. The van der Waals surface area contributed by atoms with Gasteiger partial charge in [0.05, 0.1) is 5.88 Å². The van der Waals surface area contributed by atoms with Crippen molar-refractivity contribution in [1.82, 2.24) is 15.0 Å². The maximum Gasteiger partial charge on any atom is 0.160 e. The second-order valence-electron chi connectivity index (χ2n) is 3.24. The van der Waals surface area contributed by atoms with Gasteiger partial charge in [-0.2, -0.15) is 0 Å². The first-order valence-electron chi connectivity index (χ1n) is 4.59. The summed E-state index contributed by atoms with van der Waals surface area (Å²) in [5, 5.41) is 0. The Morgan fingerprint density at radius 2 is 1.93 bits per heavy atom. The van der Waals surface area contributed by atoms with Gasteiger partial charge in [-0.15, -0.1) is 11.6 Å². The lowest BCUT2D eigenvalue weighted by atomic mass is 10.1.